The summed E-state index contributed by atoms with van der Waals surface area (Å²) in [4.78, 5) is 10.3. The normalized spacial score (nSPS) is 11.4. The van der Waals surface area contributed by atoms with Crippen molar-refractivity contribution in [2.24, 2.45) is 5.10 Å². The Morgan fingerprint density at radius 3 is 2.64 bits per heavy atom. The van der Waals surface area contributed by atoms with E-state index < -0.39 is 11.5 Å². The first-order chi connectivity index (χ1) is 11.9. The molecule has 0 aliphatic heterocycles. The van der Waals surface area contributed by atoms with Crippen LogP contribution in [0.4, 0.5) is 20.2 Å². The van der Waals surface area contributed by atoms with E-state index in [0.29, 0.717) is 18.5 Å². The summed E-state index contributed by atoms with van der Waals surface area (Å²) in [6, 6.07) is 12.5. The van der Waals surface area contributed by atoms with Crippen molar-refractivity contribution in [1.82, 2.24) is 0 Å². The Morgan fingerprint density at radius 2 is 2.00 bits per heavy atom. The maximum Gasteiger partial charge on any atom is 0.387 e. The molecule has 0 saturated carbocycles. The molecule has 0 atom stereocenters. The molecule has 0 saturated heterocycles. The molecule has 0 unspecified atom stereocenters. The third-order valence-corrected chi connectivity index (χ3v) is 3.36. The van der Waals surface area contributed by atoms with Crippen LogP contribution >= 0.6 is 0 Å². The molecule has 0 aromatic heterocycles. The number of alkyl halides is 2. The van der Waals surface area contributed by atoms with E-state index in [-0.39, 0.29) is 11.4 Å². The summed E-state index contributed by atoms with van der Waals surface area (Å²) in [5.74, 6) is 0.122. The van der Waals surface area contributed by atoms with Crippen molar-refractivity contribution in [1.29, 1.82) is 0 Å². The molecule has 0 fully saturated rings. The summed E-state index contributed by atoms with van der Waals surface area (Å²) >= 11 is 0. The number of rotatable bonds is 8. The van der Waals surface area contributed by atoms with E-state index in [9.17, 15) is 18.9 Å². The van der Waals surface area contributed by atoms with Gasteiger partial charge in [-0.3, -0.25) is 15.5 Å². The Hall–Kier alpha value is -3.03. The van der Waals surface area contributed by atoms with Crippen LogP contribution in [0.15, 0.2) is 53.6 Å². The van der Waals surface area contributed by atoms with Gasteiger partial charge in [-0.05, 0) is 43.5 Å². The lowest BCUT2D eigenvalue weighted by Crippen LogP contribution is -2.02. The monoisotopic (exact) mass is 349 g/mol. The fraction of sp³-hybridized carbons (Fsp3) is 0.235. The highest BCUT2D eigenvalue weighted by molar-refractivity contribution is 5.82. The van der Waals surface area contributed by atoms with Crippen molar-refractivity contribution in [2.75, 3.05) is 5.43 Å². The van der Waals surface area contributed by atoms with Gasteiger partial charge in [-0.25, -0.2) is 0 Å². The van der Waals surface area contributed by atoms with Gasteiger partial charge >= 0.3 is 6.61 Å². The van der Waals surface area contributed by atoms with Crippen molar-refractivity contribution in [3.05, 3.63) is 64.2 Å². The second-order valence-electron chi connectivity index (χ2n) is 5.29. The van der Waals surface area contributed by atoms with Crippen molar-refractivity contribution in [3.63, 3.8) is 0 Å². The number of anilines is 1. The zero-order valence-corrected chi connectivity index (χ0v) is 13.5. The summed E-state index contributed by atoms with van der Waals surface area (Å²) in [6.07, 6.45) is 1.33. The Labute approximate surface area is 143 Å². The molecule has 0 spiro atoms. The van der Waals surface area contributed by atoms with Crippen LogP contribution in [0.25, 0.3) is 0 Å². The molecule has 0 aliphatic carbocycles. The zero-order chi connectivity index (χ0) is 18.2. The van der Waals surface area contributed by atoms with Gasteiger partial charge in [0, 0.05) is 17.8 Å². The first kappa shape index (κ1) is 18.3. The molecule has 2 aromatic rings. The maximum absolute atomic E-state index is 12.1. The number of benzene rings is 2. The molecule has 6 nitrogen and oxygen atoms in total. The highest BCUT2D eigenvalue weighted by atomic mass is 19.3. The van der Waals surface area contributed by atoms with E-state index in [2.05, 4.69) is 15.3 Å². The van der Waals surface area contributed by atoms with Crippen LogP contribution in [0.5, 0.6) is 5.75 Å². The van der Waals surface area contributed by atoms with Gasteiger partial charge in [0.15, 0.2) is 0 Å². The Kier molecular flexibility index (Phi) is 6.39. The number of nitro benzene ring substituents is 1. The van der Waals surface area contributed by atoms with Crippen molar-refractivity contribution in [3.8, 4) is 5.75 Å². The number of aryl methyl sites for hydroxylation is 1. The fourth-order valence-electron chi connectivity index (χ4n) is 2.07. The second-order valence-corrected chi connectivity index (χ2v) is 5.29. The highest BCUT2D eigenvalue weighted by Gasteiger charge is 2.05. The average Bonchev–Trinajstić information content (AvgIpc) is 2.59. The van der Waals surface area contributed by atoms with Gasteiger partial charge in [-0.1, -0.05) is 18.2 Å². The van der Waals surface area contributed by atoms with E-state index in [1.165, 1.54) is 24.3 Å². The number of hydrazone groups is 1. The van der Waals surface area contributed by atoms with E-state index in [1.54, 1.807) is 24.3 Å². The van der Waals surface area contributed by atoms with E-state index in [1.807, 2.05) is 6.92 Å². The lowest BCUT2D eigenvalue weighted by Gasteiger charge is -2.06. The van der Waals surface area contributed by atoms with Gasteiger partial charge in [-0.15, -0.1) is 0 Å². The molecule has 132 valence electrons. The zero-order valence-electron chi connectivity index (χ0n) is 13.5. The summed E-state index contributed by atoms with van der Waals surface area (Å²) in [7, 11) is 0. The molecule has 1 N–H and O–H groups in total. The number of nitrogens with one attached hydrogen (secondary N) is 1. The number of nitrogens with zero attached hydrogens (tertiary/aromatic N) is 2. The van der Waals surface area contributed by atoms with E-state index in [4.69, 9.17) is 0 Å². The number of ether oxygens (including phenoxy) is 1. The lowest BCUT2D eigenvalue weighted by atomic mass is 10.1. The number of non-ortho nitro benzene ring substituents is 1. The van der Waals surface area contributed by atoms with Crippen LogP contribution in [-0.4, -0.2) is 17.2 Å². The lowest BCUT2D eigenvalue weighted by molar-refractivity contribution is -0.384. The molecular formula is C17H17F2N3O3. The van der Waals surface area contributed by atoms with Gasteiger partial charge < -0.3 is 4.74 Å². The molecular weight excluding hydrogens is 332 g/mol. The molecule has 0 bridgehead atoms. The topological polar surface area (TPSA) is 76.8 Å². The minimum absolute atomic E-state index is 0.0102. The third kappa shape index (κ3) is 6.17. The first-order valence-corrected chi connectivity index (χ1v) is 7.51. The number of halogens is 2. The molecule has 0 heterocycles. The van der Waals surface area contributed by atoms with Gasteiger partial charge in [0.2, 0.25) is 0 Å². The quantitative estimate of drug-likeness (QED) is 0.429. The summed E-state index contributed by atoms with van der Waals surface area (Å²) < 4.78 is 28.5. The van der Waals surface area contributed by atoms with E-state index in [0.717, 1.165) is 11.3 Å². The van der Waals surface area contributed by atoms with Crippen LogP contribution in [0.3, 0.4) is 0 Å². The average molecular weight is 349 g/mol. The molecule has 2 aromatic carbocycles. The largest absolute Gasteiger partial charge is 0.435 e. The number of nitro groups is 1. The molecule has 2 rings (SSSR count). The number of hydrogen-bond acceptors (Lipinski definition) is 5. The van der Waals surface area contributed by atoms with Crippen LogP contribution in [0.1, 0.15) is 18.9 Å². The second kappa shape index (κ2) is 8.72. The Bertz CT molecular complexity index is 749. The summed E-state index contributed by atoms with van der Waals surface area (Å²) in [5.41, 5.74) is 5.08. The summed E-state index contributed by atoms with van der Waals surface area (Å²) in [6.45, 7) is -1.00. The predicted molar refractivity (Wildman–Crippen MR) is 91.2 cm³/mol. The van der Waals surface area contributed by atoms with Crippen LogP contribution in [0, 0.1) is 10.1 Å². The van der Waals surface area contributed by atoms with Crippen LogP contribution in [-0.2, 0) is 6.42 Å². The third-order valence-electron chi connectivity index (χ3n) is 3.36. The maximum atomic E-state index is 12.1. The molecule has 0 radical (unpaired) electrons. The van der Waals surface area contributed by atoms with Gasteiger partial charge in [0.1, 0.15) is 5.75 Å². The van der Waals surface area contributed by atoms with Gasteiger partial charge in [0.05, 0.1) is 10.6 Å². The minimum Gasteiger partial charge on any atom is -0.435 e. The van der Waals surface area contributed by atoms with Gasteiger partial charge in [0.25, 0.3) is 5.69 Å². The smallest absolute Gasteiger partial charge is 0.387 e. The SMILES string of the molecule is C/C(CCc1ccc(OC(F)F)cc1)=N/Nc1cccc([N+](=O)[O-])c1. The summed E-state index contributed by atoms with van der Waals surface area (Å²) in [5, 5.41) is 14.9. The molecule has 25 heavy (non-hydrogen) atoms. The van der Waals surface area contributed by atoms with Crippen LogP contribution < -0.4 is 10.2 Å². The number of hydrogen-bond donors (Lipinski definition) is 1. The Morgan fingerprint density at radius 1 is 1.28 bits per heavy atom. The predicted octanol–water partition coefficient (Wildman–Crippen LogP) is 4.62. The van der Waals surface area contributed by atoms with Crippen LogP contribution in [0.2, 0.25) is 0 Å². The fourth-order valence-corrected chi connectivity index (χ4v) is 2.07. The minimum atomic E-state index is -2.83. The van der Waals surface area contributed by atoms with Crippen molar-refractivity contribution >= 4 is 17.1 Å². The van der Waals surface area contributed by atoms with E-state index >= 15 is 0 Å². The highest BCUT2D eigenvalue weighted by Crippen LogP contribution is 2.18. The van der Waals surface area contributed by atoms with Gasteiger partial charge in [-0.2, -0.15) is 13.9 Å². The Balaban J connectivity index is 1.87. The molecule has 0 aliphatic rings. The molecule has 0 amide bonds. The first-order valence-electron chi connectivity index (χ1n) is 7.51. The van der Waals surface area contributed by atoms with Crippen molar-refractivity contribution in [2.45, 2.75) is 26.4 Å². The molecule has 8 heteroatoms. The standard InChI is InChI=1S/C17H17F2N3O3/c1-12(20-21-14-3-2-4-15(11-14)22(23)24)5-6-13-7-9-16(10-8-13)25-17(18)19/h2-4,7-11,17,21H,5-6H2,1H3/b20-12-. The van der Waals surface area contributed by atoms with Crippen molar-refractivity contribution < 1.29 is 18.4 Å².